The van der Waals surface area contributed by atoms with Gasteiger partial charge < -0.3 is 30.5 Å². The van der Waals surface area contributed by atoms with Gasteiger partial charge in [0.2, 0.25) is 5.95 Å². The van der Waals surface area contributed by atoms with E-state index >= 15 is 0 Å². The Kier molecular flexibility index (Phi) is 6.22. The van der Waals surface area contributed by atoms with Crippen LogP contribution in [0.4, 0.5) is 5.95 Å². The lowest BCUT2D eigenvalue weighted by atomic mass is 10.0. The number of anilines is 1. The van der Waals surface area contributed by atoms with Crippen molar-refractivity contribution in [3.63, 3.8) is 0 Å². The molecule has 0 aromatic carbocycles. The first kappa shape index (κ1) is 23.0. The summed E-state index contributed by atoms with van der Waals surface area (Å²) in [5.41, 5.74) is 4.96. The van der Waals surface area contributed by atoms with Crippen molar-refractivity contribution in [2.45, 2.75) is 50.4 Å². The van der Waals surface area contributed by atoms with Crippen molar-refractivity contribution < 1.29 is 33.8 Å². The number of aryl methyl sites for hydroxylation is 1. The molecule has 1 saturated heterocycles. The molecule has 1 fully saturated rings. The molecule has 4 heterocycles. The largest absolute Gasteiger partial charge is 0.469 e. The van der Waals surface area contributed by atoms with E-state index in [0.29, 0.717) is 0 Å². The molecule has 0 bridgehead atoms. The molecule has 0 radical (unpaired) electrons. The number of aliphatic hydroxyl groups is 2. The van der Waals surface area contributed by atoms with Gasteiger partial charge in [0.15, 0.2) is 17.4 Å². The van der Waals surface area contributed by atoms with Crippen molar-refractivity contribution in [2.75, 3.05) is 5.73 Å². The van der Waals surface area contributed by atoms with Gasteiger partial charge >= 0.3 is 7.82 Å². The maximum atomic E-state index is 12.0. The highest BCUT2D eigenvalue weighted by molar-refractivity contribution is 7.46. The normalized spacial score (nSPS) is 24.9. The van der Waals surface area contributed by atoms with Crippen LogP contribution in [0.15, 0.2) is 23.3 Å². The molecule has 1 aliphatic rings. The number of H-pyrrole nitrogens is 1. The van der Waals surface area contributed by atoms with E-state index in [2.05, 4.69) is 15.0 Å². The first-order valence-electron chi connectivity index (χ1n) is 9.63. The van der Waals surface area contributed by atoms with Crippen molar-refractivity contribution in [1.82, 2.24) is 19.5 Å². The average Bonchev–Trinajstić information content (AvgIpc) is 3.39. The third-order valence-corrected chi connectivity index (χ3v) is 6.90. The molecule has 4 rings (SSSR count). The van der Waals surface area contributed by atoms with Crippen LogP contribution in [0.5, 0.6) is 0 Å². The molecule has 1 aliphatic heterocycles. The second-order valence-corrected chi connectivity index (χ2v) is 9.75. The summed E-state index contributed by atoms with van der Waals surface area (Å²) in [6.07, 6.45) is -4.90. The second-order valence-electron chi connectivity index (χ2n) is 7.31. The fourth-order valence-electron chi connectivity index (χ4n) is 3.66. The molecule has 13 nitrogen and oxygen atoms in total. The van der Waals surface area contributed by atoms with Crippen molar-refractivity contribution >= 4 is 36.3 Å². The van der Waals surface area contributed by atoms with Crippen LogP contribution < -0.4 is 11.3 Å². The first-order valence-corrected chi connectivity index (χ1v) is 12.0. The van der Waals surface area contributed by atoms with Gasteiger partial charge in [-0.1, -0.05) is 6.92 Å². The molecule has 5 atom stereocenters. The SMILES string of the molecule is CCc1ccc(CC(OP(=O)(O)O)[C@H]2O[C@@H](n3cnc4c(=O)[nH]c(N)nc43)[C@H](O)[C@@H]2O)s1. The molecular weight excluding hydrogens is 465 g/mol. The van der Waals surface area contributed by atoms with Gasteiger partial charge in [0, 0.05) is 16.2 Å². The monoisotopic (exact) mass is 487 g/mol. The summed E-state index contributed by atoms with van der Waals surface area (Å²) < 4.78 is 23.6. The fourth-order valence-corrected chi connectivity index (χ4v) is 5.21. The summed E-state index contributed by atoms with van der Waals surface area (Å²) in [4.78, 5) is 42.9. The molecule has 7 N–H and O–H groups in total. The number of rotatable bonds is 7. The van der Waals surface area contributed by atoms with E-state index < -0.39 is 44.0 Å². The van der Waals surface area contributed by atoms with Crippen LogP contribution in [0.1, 0.15) is 22.9 Å². The average molecular weight is 487 g/mol. The zero-order valence-electron chi connectivity index (χ0n) is 16.7. The summed E-state index contributed by atoms with van der Waals surface area (Å²) in [6, 6.07) is 3.69. The fraction of sp³-hybridized carbons (Fsp3) is 0.471. The number of thiophene rings is 1. The third kappa shape index (κ3) is 4.49. The molecule has 32 heavy (non-hydrogen) atoms. The van der Waals surface area contributed by atoms with Crippen molar-refractivity contribution in [3.8, 4) is 0 Å². The molecule has 15 heteroatoms. The number of hydrogen-bond donors (Lipinski definition) is 6. The van der Waals surface area contributed by atoms with E-state index in [0.717, 1.165) is 16.2 Å². The van der Waals surface area contributed by atoms with E-state index in [9.17, 15) is 29.4 Å². The van der Waals surface area contributed by atoms with Crippen LogP contribution in [0.2, 0.25) is 0 Å². The minimum Gasteiger partial charge on any atom is -0.387 e. The lowest BCUT2D eigenvalue weighted by molar-refractivity contribution is -0.0804. The molecule has 0 spiro atoms. The van der Waals surface area contributed by atoms with E-state index in [1.165, 1.54) is 22.2 Å². The summed E-state index contributed by atoms with van der Waals surface area (Å²) in [5, 5.41) is 21.3. The Morgan fingerprint density at radius 2 is 2.06 bits per heavy atom. The number of nitrogen functional groups attached to an aromatic ring is 1. The van der Waals surface area contributed by atoms with Gasteiger partial charge in [-0.3, -0.25) is 18.9 Å². The number of aromatic nitrogens is 4. The van der Waals surface area contributed by atoms with Gasteiger partial charge in [-0.15, -0.1) is 11.3 Å². The zero-order valence-corrected chi connectivity index (χ0v) is 18.4. The Labute approximate surface area is 184 Å². The quantitative estimate of drug-likeness (QED) is 0.238. The number of aromatic amines is 1. The third-order valence-electron chi connectivity index (χ3n) is 5.11. The molecule has 0 saturated carbocycles. The maximum Gasteiger partial charge on any atom is 0.469 e. The predicted octanol–water partition coefficient (Wildman–Crippen LogP) is -0.335. The van der Waals surface area contributed by atoms with Crippen LogP contribution in [0.25, 0.3) is 11.2 Å². The summed E-state index contributed by atoms with van der Waals surface area (Å²) in [7, 11) is -4.95. The minimum absolute atomic E-state index is 0.0152. The highest BCUT2D eigenvalue weighted by Gasteiger charge is 2.49. The van der Waals surface area contributed by atoms with E-state index in [4.69, 9.17) is 15.0 Å². The number of phosphoric ester groups is 1. The van der Waals surface area contributed by atoms with Gasteiger partial charge in [-0.2, -0.15) is 4.98 Å². The Morgan fingerprint density at radius 1 is 1.34 bits per heavy atom. The van der Waals surface area contributed by atoms with Crippen molar-refractivity contribution in [2.24, 2.45) is 0 Å². The number of nitrogens with two attached hydrogens (primary N) is 1. The van der Waals surface area contributed by atoms with Gasteiger partial charge in [0.1, 0.15) is 24.4 Å². The molecule has 3 aromatic heterocycles. The van der Waals surface area contributed by atoms with Crippen molar-refractivity contribution in [1.29, 1.82) is 0 Å². The standard InChI is InChI=1S/C17H22N5O8PS/c1-2-7-3-4-8(32-7)5-9(30-31(26,27)28)13-11(23)12(24)16(29-13)22-6-19-10-14(22)20-17(18)21-15(10)25/h3-4,6,9,11-13,16,23-24H,2,5H2,1H3,(H2,26,27,28)(H3,18,20,21,25)/t9?,11-,12+,13+,16+/m0/s1. The van der Waals surface area contributed by atoms with Gasteiger partial charge in [0.25, 0.3) is 5.56 Å². The maximum absolute atomic E-state index is 12.0. The van der Waals surface area contributed by atoms with Crippen molar-refractivity contribution in [3.05, 3.63) is 38.6 Å². The number of aliphatic hydroxyl groups excluding tert-OH is 2. The Balaban J connectivity index is 1.66. The summed E-state index contributed by atoms with van der Waals surface area (Å²) >= 11 is 1.44. The predicted molar refractivity (Wildman–Crippen MR) is 113 cm³/mol. The van der Waals surface area contributed by atoms with Crippen LogP contribution in [-0.4, -0.2) is 63.9 Å². The number of phosphoric acid groups is 1. The highest BCUT2D eigenvalue weighted by Crippen LogP contribution is 2.43. The molecule has 1 unspecified atom stereocenters. The number of nitrogens with zero attached hydrogens (tertiary/aromatic N) is 3. The van der Waals surface area contributed by atoms with Gasteiger partial charge in [0.05, 0.1) is 6.33 Å². The second kappa shape index (κ2) is 8.65. The minimum atomic E-state index is -4.95. The summed E-state index contributed by atoms with van der Waals surface area (Å²) in [6.45, 7) is 1.98. The lowest BCUT2D eigenvalue weighted by Crippen LogP contribution is -2.40. The number of nitrogens with one attached hydrogen (secondary N) is 1. The van der Waals surface area contributed by atoms with Crippen LogP contribution >= 0.6 is 19.2 Å². The molecule has 0 amide bonds. The Hall–Kier alpha value is -2.16. The number of imidazole rings is 1. The molecule has 0 aliphatic carbocycles. The van der Waals surface area contributed by atoms with Crippen LogP contribution in [0, 0.1) is 0 Å². The summed E-state index contributed by atoms with van der Waals surface area (Å²) in [5.74, 6) is -0.180. The first-order chi connectivity index (χ1) is 15.1. The van der Waals surface area contributed by atoms with Crippen LogP contribution in [-0.2, 0) is 26.7 Å². The number of fused-ring (bicyclic) bond motifs is 1. The topological polar surface area (TPSA) is 206 Å². The molecular formula is C17H22N5O8PS. The Morgan fingerprint density at radius 3 is 2.72 bits per heavy atom. The number of ether oxygens (including phenoxy) is 1. The smallest absolute Gasteiger partial charge is 0.387 e. The van der Waals surface area contributed by atoms with E-state index in [1.54, 1.807) is 6.07 Å². The van der Waals surface area contributed by atoms with Gasteiger partial charge in [-0.25, -0.2) is 9.55 Å². The van der Waals surface area contributed by atoms with Gasteiger partial charge in [-0.05, 0) is 18.6 Å². The van der Waals surface area contributed by atoms with Crippen LogP contribution in [0.3, 0.4) is 0 Å². The molecule has 3 aromatic rings. The highest BCUT2D eigenvalue weighted by atomic mass is 32.1. The number of hydrogen-bond acceptors (Lipinski definition) is 10. The van der Waals surface area contributed by atoms with E-state index in [-0.39, 0.29) is 23.5 Å². The lowest BCUT2D eigenvalue weighted by Gasteiger charge is -2.25. The van der Waals surface area contributed by atoms with E-state index in [1.807, 2.05) is 13.0 Å². The molecule has 174 valence electrons. The zero-order chi connectivity index (χ0) is 23.2. The Bertz CT molecular complexity index is 1220.